The second kappa shape index (κ2) is 7.76. The number of nitrogens with zero attached hydrogens (tertiary/aromatic N) is 1. The third kappa shape index (κ3) is 3.85. The minimum Gasteiger partial charge on any atom is -0.481 e. The number of methoxy groups -OCH3 is 1. The summed E-state index contributed by atoms with van der Waals surface area (Å²) in [5.74, 6) is -1.88. The van der Waals surface area contributed by atoms with Gasteiger partial charge in [0.05, 0.1) is 42.1 Å². The predicted molar refractivity (Wildman–Crippen MR) is 101 cm³/mol. The van der Waals surface area contributed by atoms with Gasteiger partial charge in [-0.1, -0.05) is 6.07 Å². The number of halogens is 4. The zero-order valence-corrected chi connectivity index (χ0v) is 16.4. The average Bonchev–Trinajstić information content (AvgIpc) is 3.26. The number of rotatable bonds is 5. The van der Waals surface area contributed by atoms with Gasteiger partial charge < -0.3 is 19.9 Å². The van der Waals surface area contributed by atoms with Gasteiger partial charge in [0.25, 0.3) is 0 Å². The molecule has 31 heavy (non-hydrogen) atoms. The van der Waals surface area contributed by atoms with Crippen molar-refractivity contribution in [3.05, 3.63) is 53.5 Å². The molecular formula is C21H20F4N2O4. The number of aliphatic hydroxyl groups is 1. The molecule has 2 aliphatic rings. The number of benzene rings is 1. The highest BCUT2D eigenvalue weighted by atomic mass is 19.4. The summed E-state index contributed by atoms with van der Waals surface area (Å²) < 4.78 is 64.5. The highest BCUT2D eigenvalue weighted by Crippen LogP contribution is 2.50. The molecule has 0 spiro atoms. The normalized spacial score (nSPS) is 27.4. The molecule has 6 nitrogen and oxygen atoms in total. The lowest BCUT2D eigenvalue weighted by Crippen LogP contribution is -2.48. The van der Waals surface area contributed by atoms with E-state index in [1.54, 1.807) is 12.1 Å². The molecule has 2 saturated heterocycles. The summed E-state index contributed by atoms with van der Waals surface area (Å²) in [4.78, 5) is 17.4. The molecule has 166 valence electrons. The van der Waals surface area contributed by atoms with Gasteiger partial charge in [-0.25, -0.2) is 9.37 Å². The van der Waals surface area contributed by atoms with Gasteiger partial charge >= 0.3 is 6.18 Å². The molecule has 4 atom stereocenters. The van der Waals surface area contributed by atoms with Crippen LogP contribution >= 0.6 is 0 Å². The van der Waals surface area contributed by atoms with Gasteiger partial charge in [-0.05, 0) is 36.6 Å². The van der Waals surface area contributed by atoms with Crippen molar-refractivity contribution in [2.45, 2.75) is 43.8 Å². The molecule has 0 unspecified atom stereocenters. The highest BCUT2D eigenvalue weighted by Gasteiger charge is 2.60. The first kappa shape index (κ1) is 21.5. The van der Waals surface area contributed by atoms with Crippen LogP contribution < -0.4 is 10.1 Å². The van der Waals surface area contributed by atoms with E-state index in [0.29, 0.717) is 17.5 Å². The Hall–Kier alpha value is -2.72. The Balaban J connectivity index is 1.66. The number of aliphatic hydroxyl groups excluding tert-OH is 1. The Labute approximate surface area is 175 Å². The maximum atomic E-state index is 14.5. The van der Waals surface area contributed by atoms with E-state index in [0.717, 1.165) is 12.1 Å². The number of hydrogen-bond acceptors (Lipinski definition) is 5. The van der Waals surface area contributed by atoms with Crippen molar-refractivity contribution < 1.29 is 36.9 Å². The standard InChI is InChI=1S/C21H20F4N2O4/c1-30-17-7-11(5-6-26-17)9-20(10-15-14(28)8-16(20)31-15)19(29)27-13-4-2-3-12(18(13)22)21(23,24)25/h2-7,14-16,28H,8-10H2,1H3,(H,27,29)/t14-,15+,16+,20-/m0/s1. The van der Waals surface area contributed by atoms with E-state index in [9.17, 15) is 27.5 Å². The lowest BCUT2D eigenvalue weighted by molar-refractivity contribution is -0.140. The molecule has 1 amide bonds. The molecule has 2 aliphatic heterocycles. The Morgan fingerprint density at radius 1 is 1.39 bits per heavy atom. The maximum absolute atomic E-state index is 14.5. The zero-order valence-electron chi connectivity index (χ0n) is 16.4. The van der Waals surface area contributed by atoms with Crippen molar-refractivity contribution in [3.63, 3.8) is 0 Å². The number of hydrogen-bond donors (Lipinski definition) is 2. The number of fused-ring (bicyclic) bond motifs is 2. The van der Waals surface area contributed by atoms with E-state index < -0.39 is 52.9 Å². The number of amides is 1. The average molecular weight is 440 g/mol. The molecule has 0 saturated carbocycles. The minimum absolute atomic E-state index is 0.149. The van der Waals surface area contributed by atoms with Gasteiger partial charge in [-0.15, -0.1) is 0 Å². The molecular weight excluding hydrogens is 420 g/mol. The highest BCUT2D eigenvalue weighted by molar-refractivity contribution is 5.96. The molecule has 1 aromatic heterocycles. The Kier molecular flexibility index (Phi) is 5.38. The fourth-order valence-corrected chi connectivity index (χ4v) is 4.39. The smallest absolute Gasteiger partial charge is 0.419 e. The summed E-state index contributed by atoms with van der Waals surface area (Å²) in [5.41, 5.74) is -2.53. The molecule has 0 radical (unpaired) electrons. The first-order valence-electron chi connectivity index (χ1n) is 9.63. The van der Waals surface area contributed by atoms with Crippen LogP contribution in [-0.2, 0) is 22.1 Å². The number of anilines is 1. The predicted octanol–water partition coefficient (Wildman–Crippen LogP) is 3.34. The number of carbonyl (C=O) groups is 1. The van der Waals surface area contributed by atoms with Gasteiger partial charge in [-0.2, -0.15) is 13.2 Å². The van der Waals surface area contributed by atoms with Crippen molar-refractivity contribution in [3.8, 4) is 5.88 Å². The van der Waals surface area contributed by atoms with E-state index in [2.05, 4.69) is 10.3 Å². The summed E-state index contributed by atoms with van der Waals surface area (Å²) in [7, 11) is 1.45. The first-order chi connectivity index (χ1) is 14.6. The molecule has 3 heterocycles. The van der Waals surface area contributed by atoms with Crippen LogP contribution in [0.4, 0.5) is 23.2 Å². The number of carbonyl (C=O) groups excluding carboxylic acids is 1. The Bertz CT molecular complexity index is 998. The van der Waals surface area contributed by atoms with E-state index in [1.807, 2.05) is 0 Å². The molecule has 0 aliphatic carbocycles. The van der Waals surface area contributed by atoms with Gasteiger partial charge in [0.15, 0.2) is 5.82 Å². The van der Waals surface area contributed by atoms with Crippen LogP contribution in [0.25, 0.3) is 0 Å². The first-order valence-corrected chi connectivity index (χ1v) is 9.63. The summed E-state index contributed by atoms with van der Waals surface area (Å²) >= 11 is 0. The molecule has 2 fully saturated rings. The second-order valence-electron chi connectivity index (χ2n) is 7.83. The lowest BCUT2D eigenvalue weighted by atomic mass is 9.68. The molecule has 2 bridgehead atoms. The molecule has 2 N–H and O–H groups in total. The monoisotopic (exact) mass is 440 g/mol. The fourth-order valence-electron chi connectivity index (χ4n) is 4.39. The van der Waals surface area contributed by atoms with Crippen LogP contribution in [0, 0.1) is 11.2 Å². The maximum Gasteiger partial charge on any atom is 0.419 e. The molecule has 2 aromatic rings. The van der Waals surface area contributed by atoms with Crippen molar-refractivity contribution in [2.75, 3.05) is 12.4 Å². The van der Waals surface area contributed by atoms with Crippen molar-refractivity contribution in [1.29, 1.82) is 0 Å². The number of alkyl halides is 3. The van der Waals surface area contributed by atoms with Crippen LogP contribution in [0.15, 0.2) is 36.5 Å². The van der Waals surface area contributed by atoms with Gasteiger partial charge in [-0.3, -0.25) is 4.79 Å². The second-order valence-corrected chi connectivity index (χ2v) is 7.83. The quantitative estimate of drug-likeness (QED) is 0.698. The number of aromatic nitrogens is 1. The summed E-state index contributed by atoms with van der Waals surface area (Å²) in [6, 6.07) is 6.05. The molecule has 1 aromatic carbocycles. The Morgan fingerprint density at radius 3 is 2.77 bits per heavy atom. The fraction of sp³-hybridized carbons (Fsp3) is 0.429. The molecule has 4 rings (SSSR count). The van der Waals surface area contributed by atoms with E-state index in [4.69, 9.17) is 9.47 Å². The minimum atomic E-state index is -4.89. The van der Waals surface area contributed by atoms with Gasteiger partial charge in [0, 0.05) is 18.7 Å². The van der Waals surface area contributed by atoms with Crippen LogP contribution in [0.1, 0.15) is 24.0 Å². The number of ether oxygens (including phenoxy) is 2. The topological polar surface area (TPSA) is 80.7 Å². The van der Waals surface area contributed by atoms with Crippen molar-refractivity contribution in [2.24, 2.45) is 5.41 Å². The van der Waals surface area contributed by atoms with E-state index in [-0.39, 0.29) is 19.3 Å². The van der Waals surface area contributed by atoms with Gasteiger partial charge in [0.2, 0.25) is 11.8 Å². The molecule has 10 heteroatoms. The summed E-state index contributed by atoms with van der Waals surface area (Å²) in [5, 5.41) is 12.4. The zero-order chi connectivity index (χ0) is 22.4. The number of nitrogens with one attached hydrogen (secondary N) is 1. The van der Waals surface area contributed by atoms with Crippen LogP contribution in [-0.4, -0.2) is 41.4 Å². The Morgan fingerprint density at radius 2 is 2.16 bits per heavy atom. The van der Waals surface area contributed by atoms with Crippen molar-refractivity contribution in [1.82, 2.24) is 4.98 Å². The SMILES string of the molecule is COc1cc(C[C@]2(C(=O)Nc3cccc(C(F)(F)F)c3F)C[C@H]3O[C@@H]2C[C@@H]3O)ccn1. The largest absolute Gasteiger partial charge is 0.481 e. The third-order valence-corrected chi connectivity index (χ3v) is 5.94. The lowest BCUT2D eigenvalue weighted by Gasteiger charge is -2.35. The van der Waals surface area contributed by atoms with Crippen LogP contribution in [0.3, 0.4) is 0 Å². The third-order valence-electron chi connectivity index (χ3n) is 5.94. The van der Waals surface area contributed by atoms with E-state index >= 15 is 0 Å². The van der Waals surface area contributed by atoms with Gasteiger partial charge in [0.1, 0.15) is 0 Å². The van der Waals surface area contributed by atoms with Crippen LogP contribution in [0.5, 0.6) is 5.88 Å². The number of pyridine rings is 1. The van der Waals surface area contributed by atoms with E-state index in [1.165, 1.54) is 13.3 Å². The van der Waals surface area contributed by atoms with Crippen molar-refractivity contribution >= 4 is 11.6 Å². The summed E-state index contributed by atoms with van der Waals surface area (Å²) in [6.07, 6.45) is -4.85. The van der Waals surface area contributed by atoms with Crippen LogP contribution in [0.2, 0.25) is 0 Å². The summed E-state index contributed by atoms with van der Waals surface area (Å²) in [6.45, 7) is 0.